The number of benzene rings is 1. The average Bonchev–Trinajstić information content (AvgIpc) is 2.73. The fourth-order valence-electron chi connectivity index (χ4n) is 3.28. The zero-order valence-corrected chi connectivity index (χ0v) is 18.8. The first kappa shape index (κ1) is 23.5. The van der Waals surface area contributed by atoms with E-state index in [9.17, 15) is 8.42 Å². The van der Waals surface area contributed by atoms with Crippen molar-refractivity contribution in [2.75, 3.05) is 38.5 Å². The second-order valence-corrected chi connectivity index (χ2v) is 9.48. The summed E-state index contributed by atoms with van der Waals surface area (Å²) in [6.45, 7) is 9.17. The van der Waals surface area contributed by atoms with Gasteiger partial charge in [-0.05, 0) is 57.2 Å². The Morgan fingerprint density at radius 3 is 2.66 bits per heavy atom. The Balaban J connectivity index is 1.86. The third-order valence-corrected chi connectivity index (χ3v) is 6.82. The minimum Gasteiger partial charge on any atom is -0.494 e. The zero-order valence-electron chi connectivity index (χ0n) is 18.0. The molecule has 0 bridgehead atoms. The summed E-state index contributed by atoms with van der Waals surface area (Å²) in [6, 6.07) is 8.42. The number of nitrogens with zero attached hydrogens (tertiary/aromatic N) is 2. The first-order chi connectivity index (χ1) is 14.0. The molecule has 29 heavy (non-hydrogen) atoms. The van der Waals surface area contributed by atoms with Crippen molar-refractivity contribution < 1.29 is 13.2 Å². The summed E-state index contributed by atoms with van der Waals surface area (Å²) >= 11 is 0. The number of rotatable bonds is 10. The van der Waals surface area contributed by atoms with Gasteiger partial charge in [-0.2, -0.15) is 0 Å². The van der Waals surface area contributed by atoms with Gasteiger partial charge in [0.05, 0.1) is 12.4 Å². The van der Waals surface area contributed by atoms with E-state index < -0.39 is 10.0 Å². The Kier molecular flexibility index (Phi) is 9.73. The van der Waals surface area contributed by atoms with Crippen molar-refractivity contribution in [3.05, 3.63) is 29.8 Å². The van der Waals surface area contributed by atoms with Crippen molar-refractivity contribution in [3.8, 4) is 5.75 Å². The molecule has 0 radical (unpaired) electrons. The first-order valence-corrected chi connectivity index (χ1v) is 12.3. The van der Waals surface area contributed by atoms with Gasteiger partial charge >= 0.3 is 0 Å². The van der Waals surface area contributed by atoms with E-state index in [0.717, 1.165) is 50.5 Å². The Morgan fingerprint density at radius 1 is 1.24 bits per heavy atom. The van der Waals surface area contributed by atoms with Gasteiger partial charge in [-0.15, -0.1) is 0 Å². The lowest BCUT2D eigenvalue weighted by atomic mass is 10.1. The molecule has 164 valence electrons. The minimum atomic E-state index is -3.09. The summed E-state index contributed by atoms with van der Waals surface area (Å²) in [5.41, 5.74) is 1.20. The van der Waals surface area contributed by atoms with E-state index in [1.165, 1.54) is 5.56 Å². The molecular weight excluding hydrogens is 388 g/mol. The Morgan fingerprint density at radius 2 is 2.00 bits per heavy atom. The van der Waals surface area contributed by atoms with Crippen LogP contribution in [0.3, 0.4) is 0 Å². The van der Waals surface area contributed by atoms with Crippen LogP contribution in [0.2, 0.25) is 0 Å². The van der Waals surface area contributed by atoms with Crippen molar-refractivity contribution in [1.29, 1.82) is 0 Å². The van der Waals surface area contributed by atoms with Gasteiger partial charge < -0.3 is 15.4 Å². The Bertz CT molecular complexity index is 744. The first-order valence-electron chi connectivity index (χ1n) is 10.7. The largest absolute Gasteiger partial charge is 0.494 e. The molecule has 1 aromatic rings. The molecule has 2 rings (SSSR count). The summed E-state index contributed by atoms with van der Waals surface area (Å²) in [7, 11) is -3.09. The van der Waals surface area contributed by atoms with E-state index in [-0.39, 0.29) is 11.8 Å². The van der Waals surface area contributed by atoms with Gasteiger partial charge in [0.2, 0.25) is 10.0 Å². The van der Waals surface area contributed by atoms with E-state index in [2.05, 4.69) is 29.7 Å². The topological polar surface area (TPSA) is 83.0 Å². The molecule has 1 saturated heterocycles. The number of hydrogen-bond donors (Lipinski definition) is 2. The fourth-order valence-corrected chi connectivity index (χ4v) is 4.41. The molecule has 0 unspecified atom stereocenters. The van der Waals surface area contributed by atoms with Gasteiger partial charge in [0.1, 0.15) is 5.75 Å². The second kappa shape index (κ2) is 12.0. The molecule has 0 spiro atoms. The van der Waals surface area contributed by atoms with Crippen molar-refractivity contribution in [2.24, 2.45) is 4.99 Å². The molecule has 1 aliphatic rings. The normalized spacial score (nSPS) is 16.6. The SMILES string of the molecule is CCCOc1cccc(CCN=C(NCC)NC2CCN(S(=O)(=O)CC)CC2)c1. The number of nitrogens with one attached hydrogen (secondary N) is 2. The lowest BCUT2D eigenvalue weighted by molar-refractivity contribution is 0.306. The summed E-state index contributed by atoms with van der Waals surface area (Å²) in [5, 5.41) is 6.76. The van der Waals surface area contributed by atoms with Gasteiger partial charge in [0.15, 0.2) is 5.96 Å². The van der Waals surface area contributed by atoms with Gasteiger partial charge in [-0.1, -0.05) is 19.1 Å². The van der Waals surface area contributed by atoms with Crippen LogP contribution in [0.1, 0.15) is 45.6 Å². The molecule has 0 amide bonds. The van der Waals surface area contributed by atoms with Crippen LogP contribution in [0.5, 0.6) is 5.75 Å². The number of hydrogen-bond acceptors (Lipinski definition) is 4. The molecule has 0 aliphatic carbocycles. The van der Waals surface area contributed by atoms with Gasteiger partial charge in [0.25, 0.3) is 0 Å². The van der Waals surface area contributed by atoms with E-state index >= 15 is 0 Å². The van der Waals surface area contributed by atoms with Crippen LogP contribution in [0.25, 0.3) is 0 Å². The lowest BCUT2D eigenvalue weighted by Crippen LogP contribution is -2.50. The summed E-state index contributed by atoms with van der Waals surface area (Å²) in [5.74, 6) is 1.87. The molecule has 0 aromatic heterocycles. The lowest BCUT2D eigenvalue weighted by Gasteiger charge is -2.32. The van der Waals surface area contributed by atoms with Crippen LogP contribution in [-0.2, 0) is 16.4 Å². The van der Waals surface area contributed by atoms with Crippen LogP contribution >= 0.6 is 0 Å². The highest BCUT2D eigenvalue weighted by Gasteiger charge is 2.26. The highest BCUT2D eigenvalue weighted by atomic mass is 32.2. The molecule has 1 aromatic carbocycles. The van der Waals surface area contributed by atoms with Crippen molar-refractivity contribution in [3.63, 3.8) is 0 Å². The smallest absolute Gasteiger partial charge is 0.213 e. The van der Waals surface area contributed by atoms with E-state index in [0.29, 0.717) is 19.6 Å². The number of piperidine rings is 1. The molecule has 1 aliphatic heterocycles. The minimum absolute atomic E-state index is 0.167. The number of aliphatic imine (C=N–C) groups is 1. The average molecular weight is 425 g/mol. The molecule has 7 nitrogen and oxygen atoms in total. The monoisotopic (exact) mass is 424 g/mol. The zero-order chi connectivity index (χ0) is 21.1. The van der Waals surface area contributed by atoms with Crippen molar-refractivity contribution in [1.82, 2.24) is 14.9 Å². The third-order valence-electron chi connectivity index (χ3n) is 4.94. The highest BCUT2D eigenvalue weighted by Crippen LogP contribution is 2.15. The summed E-state index contributed by atoms with van der Waals surface area (Å²) in [6.07, 6.45) is 3.42. The van der Waals surface area contributed by atoms with E-state index in [1.807, 2.05) is 19.1 Å². The van der Waals surface area contributed by atoms with Gasteiger partial charge in [-0.25, -0.2) is 12.7 Å². The molecule has 1 fully saturated rings. The molecule has 8 heteroatoms. The molecule has 1 heterocycles. The number of ether oxygens (including phenoxy) is 1. The number of guanidine groups is 1. The van der Waals surface area contributed by atoms with Crippen LogP contribution in [0.15, 0.2) is 29.3 Å². The van der Waals surface area contributed by atoms with E-state index in [1.54, 1.807) is 11.2 Å². The third kappa shape index (κ3) is 7.85. The maximum atomic E-state index is 12.0. The van der Waals surface area contributed by atoms with Crippen molar-refractivity contribution >= 4 is 16.0 Å². The Hall–Kier alpha value is -1.80. The van der Waals surface area contributed by atoms with Gasteiger partial charge in [-0.3, -0.25) is 4.99 Å². The number of sulfonamides is 1. The van der Waals surface area contributed by atoms with Crippen molar-refractivity contribution in [2.45, 2.75) is 52.5 Å². The molecule has 0 saturated carbocycles. The van der Waals surface area contributed by atoms with Crippen LogP contribution < -0.4 is 15.4 Å². The fraction of sp³-hybridized carbons (Fsp3) is 0.667. The maximum Gasteiger partial charge on any atom is 0.213 e. The quantitative estimate of drug-likeness (QED) is 0.445. The maximum absolute atomic E-state index is 12.0. The predicted octanol–water partition coefficient (Wildman–Crippen LogP) is 2.39. The summed E-state index contributed by atoms with van der Waals surface area (Å²) < 4.78 is 31.3. The van der Waals surface area contributed by atoms with Gasteiger partial charge in [0, 0.05) is 32.2 Å². The molecule has 2 N–H and O–H groups in total. The predicted molar refractivity (Wildman–Crippen MR) is 119 cm³/mol. The second-order valence-electron chi connectivity index (χ2n) is 7.22. The standard InChI is InChI=1S/C21H36N4O3S/c1-4-16-28-20-9-7-8-18(17-20)10-13-23-21(22-5-2)24-19-11-14-25(15-12-19)29(26,27)6-3/h7-9,17,19H,4-6,10-16H2,1-3H3,(H2,22,23,24). The summed E-state index contributed by atoms with van der Waals surface area (Å²) in [4.78, 5) is 4.70. The Labute approximate surface area is 176 Å². The van der Waals surface area contributed by atoms with Crippen LogP contribution in [0.4, 0.5) is 0 Å². The van der Waals surface area contributed by atoms with E-state index in [4.69, 9.17) is 9.73 Å². The molecular formula is C21H36N4O3S. The van der Waals surface area contributed by atoms with Crippen LogP contribution in [0, 0.1) is 0 Å². The molecule has 0 atom stereocenters. The highest BCUT2D eigenvalue weighted by molar-refractivity contribution is 7.89. The van der Waals surface area contributed by atoms with Crippen LogP contribution in [-0.4, -0.2) is 63.3 Å².